The lowest BCUT2D eigenvalue weighted by Gasteiger charge is -2.06. The monoisotopic (exact) mass is 325 g/mol. The molecule has 0 spiro atoms. The molecule has 2 heterocycles. The summed E-state index contributed by atoms with van der Waals surface area (Å²) in [5.74, 6) is -0.748. The highest BCUT2D eigenvalue weighted by atomic mass is 32.2. The highest BCUT2D eigenvalue weighted by molar-refractivity contribution is 7.98. The number of hydrogen-bond donors (Lipinski definition) is 1. The summed E-state index contributed by atoms with van der Waals surface area (Å²) < 4.78 is 6.37. The normalized spacial score (nSPS) is 10.5. The third-order valence-electron chi connectivity index (χ3n) is 2.87. The Hall–Kier alpha value is -1.80. The van der Waals surface area contributed by atoms with E-state index < -0.39 is 5.97 Å². The molecule has 0 fully saturated rings. The number of carbonyl (C=O) groups excluding carboxylic acids is 2. The van der Waals surface area contributed by atoms with Gasteiger partial charge in [-0.25, -0.2) is 4.79 Å². The molecule has 112 valence electrons. The van der Waals surface area contributed by atoms with Crippen LogP contribution in [0, 0.1) is 6.92 Å². The minimum absolute atomic E-state index is 0.284. The zero-order valence-electron chi connectivity index (χ0n) is 12.1. The summed E-state index contributed by atoms with van der Waals surface area (Å²) in [4.78, 5) is 24.5. The Morgan fingerprint density at radius 2 is 2.19 bits per heavy atom. The second-order valence-corrected chi connectivity index (χ2v) is 5.91. The first-order valence-corrected chi connectivity index (χ1v) is 8.14. The summed E-state index contributed by atoms with van der Waals surface area (Å²) in [7, 11) is 3.10. The fraction of sp³-hybridized carbons (Fsp3) is 0.308. The number of esters is 1. The van der Waals surface area contributed by atoms with Gasteiger partial charge in [0, 0.05) is 7.05 Å². The van der Waals surface area contributed by atoms with Crippen LogP contribution in [0.15, 0.2) is 16.5 Å². The van der Waals surface area contributed by atoms with E-state index in [1.54, 1.807) is 30.1 Å². The van der Waals surface area contributed by atoms with E-state index in [-0.39, 0.29) is 5.91 Å². The maximum atomic E-state index is 12.5. The van der Waals surface area contributed by atoms with Crippen LogP contribution in [0.3, 0.4) is 0 Å². The number of aryl methyl sites for hydroxylation is 2. The number of methoxy groups -OCH3 is 1. The molecule has 0 aliphatic carbocycles. The second-order valence-electron chi connectivity index (χ2n) is 4.20. The van der Waals surface area contributed by atoms with Gasteiger partial charge in [0.25, 0.3) is 5.91 Å². The molecular formula is C13H15N3O3S2. The lowest BCUT2D eigenvalue weighted by Crippen LogP contribution is -2.15. The zero-order chi connectivity index (χ0) is 15.6. The van der Waals surface area contributed by atoms with Gasteiger partial charge in [-0.3, -0.25) is 9.48 Å². The summed E-state index contributed by atoms with van der Waals surface area (Å²) >= 11 is 2.67. The van der Waals surface area contributed by atoms with Crippen molar-refractivity contribution in [2.75, 3.05) is 18.7 Å². The maximum absolute atomic E-state index is 12.5. The molecule has 0 aromatic carbocycles. The molecule has 8 heteroatoms. The highest BCUT2D eigenvalue weighted by Crippen LogP contribution is 2.27. The quantitative estimate of drug-likeness (QED) is 0.691. The molecule has 0 aliphatic rings. The van der Waals surface area contributed by atoms with Crippen LogP contribution in [0.5, 0.6) is 0 Å². The Kier molecular flexibility index (Phi) is 4.69. The first-order valence-electron chi connectivity index (χ1n) is 6.04. The Labute approximate surface area is 130 Å². The Balaban J connectivity index is 2.31. The van der Waals surface area contributed by atoms with Gasteiger partial charge in [0.1, 0.15) is 9.90 Å². The lowest BCUT2D eigenvalue weighted by atomic mass is 10.2. The number of carbonyl (C=O) groups is 2. The summed E-state index contributed by atoms with van der Waals surface area (Å²) in [5, 5.41) is 9.51. The summed E-state index contributed by atoms with van der Waals surface area (Å²) in [5.41, 5.74) is 1.62. The Morgan fingerprint density at radius 1 is 1.48 bits per heavy atom. The number of aromatic nitrogens is 2. The molecule has 0 saturated carbocycles. The third-order valence-corrected chi connectivity index (χ3v) is 4.62. The van der Waals surface area contributed by atoms with Gasteiger partial charge in [0.05, 0.1) is 24.1 Å². The van der Waals surface area contributed by atoms with Crippen molar-refractivity contribution in [1.29, 1.82) is 0 Å². The number of rotatable bonds is 4. The predicted molar refractivity (Wildman–Crippen MR) is 83.3 cm³/mol. The van der Waals surface area contributed by atoms with Crippen LogP contribution in [0.25, 0.3) is 0 Å². The standard InChI is InChI=1S/C13H15N3O3S2/c1-7-9(12(20-4)16(2)15-7)11(17)14-8-5-6-21-10(8)13(18)19-3/h5-6H,1-4H3,(H,14,17). The van der Waals surface area contributed by atoms with Gasteiger partial charge in [0.2, 0.25) is 0 Å². The van der Waals surface area contributed by atoms with Gasteiger partial charge in [0.15, 0.2) is 0 Å². The van der Waals surface area contributed by atoms with Crippen LogP contribution < -0.4 is 5.32 Å². The van der Waals surface area contributed by atoms with Crippen LogP contribution in [-0.2, 0) is 11.8 Å². The molecule has 2 rings (SSSR count). The van der Waals surface area contributed by atoms with Crippen molar-refractivity contribution in [3.05, 3.63) is 27.6 Å². The van der Waals surface area contributed by atoms with E-state index in [9.17, 15) is 9.59 Å². The highest BCUT2D eigenvalue weighted by Gasteiger charge is 2.22. The second kappa shape index (κ2) is 6.31. The van der Waals surface area contributed by atoms with E-state index in [0.717, 1.165) is 5.03 Å². The topological polar surface area (TPSA) is 73.2 Å². The maximum Gasteiger partial charge on any atom is 0.350 e. The number of thioether (sulfide) groups is 1. The van der Waals surface area contributed by atoms with Crippen molar-refractivity contribution in [3.63, 3.8) is 0 Å². The van der Waals surface area contributed by atoms with Crippen molar-refractivity contribution in [2.45, 2.75) is 11.9 Å². The zero-order valence-corrected chi connectivity index (χ0v) is 13.7. The average Bonchev–Trinajstić information content (AvgIpc) is 3.01. The lowest BCUT2D eigenvalue weighted by molar-refractivity contribution is 0.0607. The van der Waals surface area contributed by atoms with Crippen molar-refractivity contribution in [1.82, 2.24) is 9.78 Å². The molecule has 0 unspecified atom stereocenters. The van der Waals surface area contributed by atoms with E-state index in [1.165, 1.54) is 30.2 Å². The molecule has 0 atom stereocenters. The van der Waals surface area contributed by atoms with E-state index >= 15 is 0 Å². The van der Waals surface area contributed by atoms with Crippen LogP contribution in [0.1, 0.15) is 25.7 Å². The summed E-state index contributed by atoms with van der Waals surface area (Å²) in [6, 6.07) is 1.68. The minimum atomic E-state index is -0.465. The molecule has 0 bridgehead atoms. The van der Waals surface area contributed by atoms with Crippen molar-refractivity contribution in [3.8, 4) is 0 Å². The van der Waals surface area contributed by atoms with Crippen LogP contribution in [0.2, 0.25) is 0 Å². The molecule has 2 aromatic rings. The minimum Gasteiger partial charge on any atom is -0.465 e. The third kappa shape index (κ3) is 2.96. The molecule has 0 saturated heterocycles. The SMILES string of the molecule is COC(=O)c1sccc1NC(=O)c1c(C)nn(C)c1SC. The first-order chi connectivity index (χ1) is 9.99. The number of nitrogens with zero attached hydrogens (tertiary/aromatic N) is 2. The largest absolute Gasteiger partial charge is 0.465 e. The predicted octanol–water partition coefficient (Wildman–Crippen LogP) is 2.55. The van der Waals surface area contributed by atoms with Gasteiger partial charge < -0.3 is 10.1 Å². The van der Waals surface area contributed by atoms with Gasteiger partial charge in [-0.15, -0.1) is 23.1 Å². The van der Waals surface area contributed by atoms with Crippen LogP contribution in [0.4, 0.5) is 5.69 Å². The van der Waals surface area contributed by atoms with Crippen LogP contribution in [-0.4, -0.2) is 35.0 Å². The molecule has 1 amide bonds. The van der Waals surface area contributed by atoms with E-state index in [0.29, 0.717) is 21.8 Å². The fourth-order valence-corrected chi connectivity index (χ4v) is 3.49. The number of nitrogens with one attached hydrogen (secondary N) is 1. The van der Waals surface area contributed by atoms with Gasteiger partial charge in [-0.05, 0) is 24.6 Å². The van der Waals surface area contributed by atoms with E-state index in [4.69, 9.17) is 4.74 Å². The average molecular weight is 325 g/mol. The molecule has 2 aromatic heterocycles. The number of hydrogen-bond acceptors (Lipinski definition) is 6. The first kappa shape index (κ1) is 15.6. The van der Waals surface area contributed by atoms with Gasteiger partial charge in [-0.2, -0.15) is 5.10 Å². The molecule has 21 heavy (non-hydrogen) atoms. The summed E-state index contributed by atoms with van der Waals surface area (Å²) in [6.07, 6.45) is 1.89. The molecule has 0 aliphatic heterocycles. The van der Waals surface area contributed by atoms with E-state index in [2.05, 4.69) is 10.4 Å². The van der Waals surface area contributed by atoms with Gasteiger partial charge >= 0.3 is 5.97 Å². The molecule has 1 N–H and O–H groups in total. The number of thiophene rings is 1. The smallest absolute Gasteiger partial charge is 0.350 e. The Bertz CT molecular complexity index is 691. The van der Waals surface area contributed by atoms with Crippen LogP contribution >= 0.6 is 23.1 Å². The number of amides is 1. The fourth-order valence-electron chi connectivity index (χ4n) is 1.98. The van der Waals surface area contributed by atoms with Crippen molar-refractivity contribution < 1.29 is 14.3 Å². The number of anilines is 1. The summed E-state index contributed by atoms with van der Waals surface area (Å²) in [6.45, 7) is 1.78. The van der Waals surface area contributed by atoms with E-state index in [1.807, 2.05) is 6.26 Å². The Morgan fingerprint density at radius 3 is 2.81 bits per heavy atom. The molecular weight excluding hydrogens is 310 g/mol. The molecule has 0 radical (unpaired) electrons. The number of ether oxygens (including phenoxy) is 1. The molecule has 6 nitrogen and oxygen atoms in total. The van der Waals surface area contributed by atoms with Crippen molar-refractivity contribution in [2.24, 2.45) is 7.05 Å². The van der Waals surface area contributed by atoms with Crippen molar-refractivity contribution >= 4 is 40.7 Å². The van der Waals surface area contributed by atoms with Gasteiger partial charge in [-0.1, -0.05) is 0 Å².